The van der Waals surface area contributed by atoms with Gasteiger partial charge in [-0.3, -0.25) is 28.7 Å². The number of aromatic nitrogens is 2. The van der Waals surface area contributed by atoms with E-state index in [1.54, 1.807) is 22.6 Å². The molecule has 1 aliphatic rings. The Kier molecular flexibility index (Phi) is 5.42. The summed E-state index contributed by atoms with van der Waals surface area (Å²) in [5, 5.41) is 0. The van der Waals surface area contributed by atoms with E-state index in [4.69, 9.17) is 23.1 Å². The van der Waals surface area contributed by atoms with E-state index in [2.05, 4.69) is 4.98 Å². The number of esters is 3. The second kappa shape index (κ2) is 8.65. The van der Waals surface area contributed by atoms with Gasteiger partial charge in [0.2, 0.25) is 0 Å². The Morgan fingerprint density at radius 2 is 1.81 bits per heavy atom. The zero-order chi connectivity index (χ0) is 22.4. The van der Waals surface area contributed by atoms with Crippen molar-refractivity contribution >= 4 is 40.5 Å². The topological polar surface area (TPSA) is 143 Å². The molecule has 1 unspecified atom stereocenters. The minimum atomic E-state index is -1.45. The van der Waals surface area contributed by atoms with E-state index in [0.29, 0.717) is 0 Å². The summed E-state index contributed by atoms with van der Waals surface area (Å²) in [6.07, 6.45) is -4.33. The van der Waals surface area contributed by atoms with Crippen LogP contribution in [0, 0.1) is 3.57 Å². The van der Waals surface area contributed by atoms with Crippen LogP contribution in [-0.2, 0) is 33.3 Å². The number of carbonyl (C=O) groups is 3. The van der Waals surface area contributed by atoms with Crippen LogP contribution in [0.5, 0.6) is 0 Å². The summed E-state index contributed by atoms with van der Waals surface area (Å²) < 4.78 is 43.0. The van der Waals surface area contributed by atoms with Crippen LogP contribution in [0.1, 0.15) is 31.0 Å². The highest BCUT2D eigenvalue weighted by molar-refractivity contribution is 14.1. The number of ether oxygens (including phenoxy) is 4. The molecule has 1 aromatic heterocycles. The molecule has 2 rings (SSSR count). The Morgan fingerprint density at radius 1 is 1.19 bits per heavy atom. The average molecular weight is 499 g/mol. The Balaban J connectivity index is 2.47. The number of halogens is 1. The molecule has 0 radical (unpaired) electrons. The molecule has 1 aliphatic heterocycles. The summed E-state index contributed by atoms with van der Waals surface area (Å²) in [4.78, 5) is 60.8. The maximum Gasteiger partial charge on any atom is 0.330 e. The summed E-state index contributed by atoms with van der Waals surface area (Å²) >= 11 is 1.66. The smallest absolute Gasteiger partial charge is 0.330 e. The first-order valence-corrected chi connectivity index (χ1v) is 8.38. The highest BCUT2D eigenvalue weighted by atomic mass is 127. The summed E-state index contributed by atoms with van der Waals surface area (Å²) in [6, 6.07) is 0. The van der Waals surface area contributed by atoms with Gasteiger partial charge >= 0.3 is 23.6 Å². The second-order valence-electron chi connectivity index (χ2n) is 5.30. The molecule has 0 aromatic carbocycles. The average Bonchev–Trinajstić information content (AvgIpc) is 3.05. The van der Waals surface area contributed by atoms with Gasteiger partial charge in [0.25, 0.3) is 5.56 Å². The van der Waals surface area contributed by atoms with Crippen molar-refractivity contribution < 1.29 is 37.4 Å². The fraction of sp³-hybridized carbons (Fsp3) is 0.533. The fourth-order valence-corrected chi connectivity index (χ4v) is 2.90. The molecule has 0 saturated carbocycles. The zero-order valence-electron chi connectivity index (χ0n) is 16.7. The Bertz CT molecular complexity index is 921. The maximum absolute atomic E-state index is 12.3. The molecular weight excluding hydrogens is 479 g/mol. The lowest BCUT2D eigenvalue weighted by Gasteiger charge is -2.23. The van der Waals surface area contributed by atoms with E-state index in [1.807, 2.05) is 0 Å². The third-order valence-electron chi connectivity index (χ3n) is 3.43. The van der Waals surface area contributed by atoms with Crippen LogP contribution in [0.15, 0.2) is 15.8 Å². The van der Waals surface area contributed by atoms with Crippen molar-refractivity contribution in [2.75, 3.05) is 6.61 Å². The van der Waals surface area contributed by atoms with Crippen molar-refractivity contribution in [1.29, 1.82) is 0 Å². The van der Waals surface area contributed by atoms with Crippen molar-refractivity contribution in [2.24, 2.45) is 0 Å². The van der Waals surface area contributed by atoms with E-state index in [1.165, 1.54) is 0 Å². The first-order chi connectivity index (χ1) is 14.2. The number of hydrogen-bond donors (Lipinski definition) is 1. The molecule has 11 nitrogen and oxygen atoms in total. The van der Waals surface area contributed by atoms with Gasteiger partial charge in [-0.25, -0.2) is 4.79 Å². The number of H-pyrrole nitrogens is 1. The highest BCUT2D eigenvalue weighted by Crippen LogP contribution is 2.33. The summed E-state index contributed by atoms with van der Waals surface area (Å²) in [5.41, 5.74) is -1.57. The molecule has 0 bridgehead atoms. The zero-order valence-corrected chi connectivity index (χ0v) is 15.9. The summed E-state index contributed by atoms with van der Waals surface area (Å²) in [5.74, 6) is -2.92. The predicted octanol–water partition coefficient (Wildman–Crippen LogP) is -0.535. The Labute approximate surface area is 170 Å². The SMILES string of the molecule is [2H]CC(=O)OC[C@H]1OC(n2cc(I)c(=O)[nH]c2=O)[C@H](OC(=O)C[2H])[C@H]1OC(=O)C[2H]. The van der Waals surface area contributed by atoms with Gasteiger partial charge in [-0.15, -0.1) is 0 Å². The van der Waals surface area contributed by atoms with Crippen LogP contribution in [0.25, 0.3) is 0 Å². The van der Waals surface area contributed by atoms with Crippen LogP contribution < -0.4 is 11.2 Å². The molecule has 27 heavy (non-hydrogen) atoms. The molecule has 1 fully saturated rings. The number of hydrogen-bond acceptors (Lipinski definition) is 9. The molecule has 0 spiro atoms. The molecule has 1 saturated heterocycles. The number of nitrogens with zero attached hydrogens (tertiary/aromatic N) is 1. The van der Waals surface area contributed by atoms with Gasteiger partial charge in [-0.2, -0.15) is 0 Å². The first kappa shape index (κ1) is 16.9. The summed E-state index contributed by atoms with van der Waals surface area (Å²) in [7, 11) is 0. The van der Waals surface area contributed by atoms with Crippen molar-refractivity contribution in [3.05, 3.63) is 30.6 Å². The number of aromatic amines is 1. The number of nitrogens with one attached hydrogen (secondary N) is 1. The molecule has 0 aliphatic carbocycles. The van der Waals surface area contributed by atoms with Gasteiger partial charge in [0.1, 0.15) is 12.7 Å². The lowest BCUT2D eigenvalue weighted by Crippen LogP contribution is -2.42. The molecule has 1 aromatic rings. The molecule has 148 valence electrons. The minimum absolute atomic E-state index is 0.102. The fourth-order valence-electron chi connectivity index (χ4n) is 2.46. The largest absolute Gasteiger partial charge is 0.463 e. The van der Waals surface area contributed by atoms with Gasteiger partial charge in [0, 0.05) is 31.0 Å². The van der Waals surface area contributed by atoms with E-state index < -0.39 is 81.0 Å². The van der Waals surface area contributed by atoms with Crippen molar-refractivity contribution in [1.82, 2.24) is 9.55 Å². The summed E-state index contributed by atoms with van der Waals surface area (Å²) in [6.45, 7) is -2.73. The third-order valence-corrected chi connectivity index (χ3v) is 4.20. The van der Waals surface area contributed by atoms with Crippen LogP contribution in [0.4, 0.5) is 0 Å². The van der Waals surface area contributed by atoms with Gasteiger partial charge < -0.3 is 18.9 Å². The van der Waals surface area contributed by atoms with E-state index in [-0.39, 0.29) is 3.57 Å². The standard InChI is InChI=1S/C15H17IN2O9/c1-6(19)24-5-10-11(25-7(2)20)12(26-8(3)21)14(27-10)18-4-9(16)13(22)17-15(18)23/h4,10-12,14H,5H2,1-3H3,(H,17,22,23)/t10-,11+,12-,14?/m1/s1/i1D,2D,3D. The number of carbonyl (C=O) groups excluding carboxylic acids is 3. The lowest BCUT2D eigenvalue weighted by atomic mass is 10.1. The van der Waals surface area contributed by atoms with E-state index in [0.717, 1.165) is 10.8 Å². The van der Waals surface area contributed by atoms with Crippen molar-refractivity contribution in [2.45, 2.75) is 45.2 Å². The highest BCUT2D eigenvalue weighted by Gasteiger charge is 2.50. The Hall–Kier alpha value is -2.22. The van der Waals surface area contributed by atoms with Crippen LogP contribution >= 0.6 is 22.6 Å². The van der Waals surface area contributed by atoms with Gasteiger partial charge in [-0.05, 0) is 22.6 Å². The van der Waals surface area contributed by atoms with Crippen LogP contribution in [-0.4, -0.2) is 52.4 Å². The second-order valence-corrected chi connectivity index (χ2v) is 6.46. The molecule has 0 amide bonds. The first-order valence-electron chi connectivity index (χ1n) is 9.42. The van der Waals surface area contributed by atoms with Crippen molar-refractivity contribution in [3.63, 3.8) is 0 Å². The maximum atomic E-state index is 12.3. The predicted molar refractivity (Wildman–Crippen MR) is 95.7 cm³/mol. The quantitative estimate of drug-likeness (QED) is 0.321. The molecule has 4 atom stereocenters. The van der Waals surface area contributed by atoms with Gasteiger partial charge in [0.05, 0.1) is 3.57 Å². The molecule has 2 heterocycles. The monoisotopic (exact) mass is 499 g/mol. The molecule has 1 N–H and O–H groups in total. The van der Waals surface area contributed by atoms with E-state index in [9.17, 15) is 24.0 Å². The van der Waals surface area contributed by atoms with Crippen LogP contribution in [0.3, 0.4) is 0 Å². The molecular formula is C15H17IN2O9. The lowest BCUT2D eigenvalue weighted by molar-refractivity contribution is -0.166. The van der Waals surface area contributed by atoms with Crippen LogP contribution in [0.2, 0.25) is 0 Å². The number of rotatable bonds is 5. The Morgan fingerprint density at radius 3 is 2.44 bits per heavy atom. The third kappa shape index (κ3) is 5.15. The van der Waals surface area contributed by atoms with Crippen molar-refractivity contribution in [3.8, 4) is 0 Å². The normalized spacial score (nSPS) is 25.7. The molecule has 12 heteroatoms. The van der Waals surface area contributed by atoms with E-state index >= 15 is 0 Å². The van der Waals surface area contributed by atoms with Gasteiger partial charge in [0.15, 0.2) is 18.4 Å². The minimum Gasteiger partial charge on any atom is -0.463 e. The van der Waals surface area contributed by atoms with Gasteiger partial charge in [-0.1, -0.05) is 0 Å².